The van der Waals surface area contributed by atoms with Crippen molar-refractivity contribution in [1.29, 1.82) is 0 Å². The lowest BCUT2D eigenvalue weighted by molar-refractivity contribution is -0.154. The van der Waals surface area contributed by atoms with E-state index in [2.05, 4.69) is 56.0 Å². The fourth-order valence-corrected chi connectivity index (χ4v) is 11.6. The molecule has 1 saturated carbocycles. The number of hydrogen-bond acceptors (Lipinski definition) is 16. The highest BCUT2D eigenvalue weighted by atomic mass is 19.1. The lowest BCUT2D eigenvalue weighted by atomic mass is 9.86. The van der Waals surface area contributed by atoms with Gasteiger partial charge in [0.05, 0.1) is 112 Å². The molecule has 0 spiro atoms. The molecule has 0 bridgehead atoms. The number of ether oxygens (including phenoxy) is 3. The molecule has 6 N–H and O–H groups in total. The van der Waals surface area contributed by atoms with Crippen molar-refractivity contribution in [1.82, 2.24) is 35.2 Å². The number of rotatable bonds is 15. The van der Waals surface area contributed by atoms with Crippen LogP contribution in [0.5, 0.6) is 5.75 Å². The van der Waals surface area contributed by atoms with E-state index in [1.807, 2.05) is 31.2 Å². The smallest absolute Gasteiger partial charge is 0.259 e. The van der Waals surface area contributed by atoms with Crippen LogP contribution in [0.25, 0.3) is 44.3 Å². The zero-order chi connectivity index (χ0) is 57.4. The first-order valence-corrected chi connectivity index (χ1v) is 28.0. The highest BCUT2D eigenvalue weighted by Crippen LogP contribution is 2.39. The van der Waals surface area contributed by atoms with E-state index in [4.69, 9.17) is 19.2 Å². The van der Waals surface area contributed by atoms with Crippen LogP contribution < -0.4 is 51.8 Å². The summed E-state index contributed by atoms with van der Waals surface area (Å²) in [5.41, 5.74) is 3.45. The van der Waals surface area contributed by atoms with Crippen molar-refractivity contribution in [2.24, 2.45) is 11.3 Å². The molecular weight excluding hydrogens is 1060 g/mol. The molecule has 4 fully saturated rings. The van der Waals surface area contributed by atoms with Gasteiger partial charge in [-0.25, -0.2) is 28.7 Å². The first kappa shape index (κ1) is 54.7. The van der Waals surface area contributed by atoms with Gasteiger partial charge in [0.15, 0.2) is 0 Å². The van der Waals surface area contributed by atoms with Crippen LogP contribution in [-0.4, -0.2) is 121 Å². The van der Waals surface area contributed by atoms with Crippen LogP contribution in [0.1, 0.15) is 45.4 Å². The molecule has 8 aromatic rings. The van der Waals surface area contributed by atoms with Crippen molar-refractivity contribution in [3.05, 3.63) is 136 Å². The Morgan fingerprint density at radius 1 is 0.711 bits per heavy atom. The number of carbonyl (C=O) groups excluding carboxylic acids is 2. The van der Waals surface area contributed by atoms with Crippen molar-refractivity contribution in [3.8, 4) is 28.3 Å². The molecule has 2 unspecified atom stereocenters. The van der Waals surface area contributed by atoms with Crippen molar-refractivity contribution < 1.29 is 32.6 Å². The average Bonchev–Trinajstić information content (AvgIpc) is 3.69. The Labute approximate surface area is 476 Å². The number of aromatic nitrogens is 6. The number of carbonyl (C=O) groups is 2. The van der Waals surface area contributed by atoms with Crippen molar-refractivity contribution in [3.63, 3.8) is 0 Å². The van der Waals surface area contributed by atoms with E-state index < -0.39 is 17.0 Å². The summed E-state index contributed by atoms with van der Waals surface area (Å²) >= 11 is 0. The summed E-state index contributed by atoms with van der Waals surface area (Å²) in [5, 5.41) is 13.4. The Morgan fingerprint density at radius 2 is 1.31 bits per heavy atom. The lowest BCUT2D eigenvalue weighted by Crippen LogP contribution is -2.52. The molecule has 428 valence electrons. The van der Waals surface area contributed by atoms with Crippen molar-refractivity contribution in [2.75, 3.05) is 97.3 Å². The quantitative estimate of drug-likeness (QED) is 0.0563. The molecule has 3 aliphatic heterocycles. The molecule has 3 saturated heterocycles. The van der Waals surface area contributed by atoms with Crippen LogP contribution in [-0.2, 0) is 19.1 Å². The average molecular weight is 1130 g/mol. The van der Waals surface area contributed by atoms with Crippen LogP contribution >= 0.6 is 0 Å². The molecule has 20 nitrogen and oxygen atoms in total. The maximum atomic E-state index is 16.3. The minimum atomic E-state index is -0.654. The van der Waals surface area contributed by atoms with Gasteiger partial charge in [0.25, 0.3) is 11.1 Å². The molecule has 83 heavy (non-hydrogen) atoms. The lowest BCUT2D eigenvalue weighted by Gasteiger charge is -2.39. The van der Waals surface area contributed by atoms with Crippen LogP contribution in [0.3, 0.4) is 0 Å². The molecule has 2 atom stereocenters. The maximum Gasteiger partial charge on any atom is 0.259 e. The molecular formula is C61H63F2N13O7. The van der Waals surface area contributed by atoms with Gasteiger partial charge in [-0.1, -0.05) is 6.42 Å². The third-order valence-corrected chi connectivity index (χ3v) is 16.3. The number of hydrogen-bond donors (Lipinski definition) is 6. The monoisotopic (exact) mass is 1130 g/mol. The second kappa shape index (κ2) is 23.2. The first-order chi connectivity index (χ1) is 40.3. The Kier molecular flexibility index (Phi) is 15.3. The number of nitrogens with zero attached hydrogens (tertiary/aromatic N) is 7. The Bertz CT molecular complexity index is 3860. The van der Waals surface area contributed by atoms with Gasteiger partial charge in [-0.3, -0.25) is 19.2 Å². The second-order valence-electron chi connectivity index (χ2n) is 21.9. The predicted octanol–water partition coefficient (Wildman–Crippen LogP) is 8.65. The normalized spacial score (nSPS) is 18.1. The number of benzene rings is 2. The van der Waals surface area contributed by atoms with E-state index in [0.29, 0.717) is 76.9 Å². The summed E-state index contributed by atoms with van der Waals surface area (Å²) in [6.07, 6.45) is 10.8. The summed E-state index contributed by atoms with van der Waals surface area (Å²) < 4.78 is 49.9. The van der Waals surface area contributed by atoms with Gasteiger partial charge < -0.3 is 60.1 Å². The predicted molar refractivity (Wildman–Crippen MR) is 315 cm³/mol. The molecule has 1 aliphatic carbocycles. The second-order valence-corrected chi connectivity index (χ2v) is 21.9. The van der Waals surface area contributed by atoms with E-state index in [-0.39, 0.29) is 74.7 Å². The minimum Gasteiger partial charge on any atom is -0.495 e. The summed E-state index contributed by atoms with van der Waals surface area (Å²) in [7, 11) is 3.07. The zero-order valence-corrected chi connectivity index (χ0v) is 46.2. The van der Waals surface area contributed by atoms with Crippen LogP contribution in [0.15, 0.2) is 113 Å². The Balaban J connectivity index is 0.663. The Hall–Kier alpha value is -8.86. The molecule has 2 amide bonds. The minimum absolute atomic E-state index is 0.00622. The molecule has 9 heterocycles. The van der Waals surface area contributed by atoms with Gasteiger partial charge >= 0.3 is 0 Å². The van der Waals surface area contributed by atoms with E-state index >= 15 is 8.78 Å². The first-order valence-electron chi connectivity index (χ1n) is 28.0. The third kappa shape index (κ3) is 11.4. The number of nitrogens with one attached hydrogen (secondary N) is 6. The molecule has 0 radical (unpaired) electrons. The fourth-order valence-electron chi connectivity index (χ4n) is 11.6. The van der Waals surface area contributed by atoms with E-state index in [0.717, 1.165) is 76.3 Å². The maximum absolute atomic E-state index is 16.3. The van der Waals surface area contributed by atoms with Gasteiger partial charge in [0.1, 0.15) is 29.0 Å². The molecule has 2 aromatic carbocycles. The van der Waals surface area contributed by atoms with E-state index in [9.17, 15) is 19.2 Å². The highest BCUT2D eigenvalue weighted by Gasteiger charge is 2.43. The number of piperidine rings is 1. The van der Waals surface area contributed by atoms with Gasteiger partial charge in [0.2, 0.25) is 11.8 Å². The molecule has 4 aliphatic rings. The fraction of sp³-hybridized carbons (Fsp3) is 0.344. The van der Waals surface area contributed by atoms with Crippen LogP contribution in [0.4, 0.5) is 54.5 Å². The Morgan fingerprint density at radius 3 is 1.88 bits per heavy atom. The summed E-state index contributed by atoms with van der Waals surface area (Å²) in [6.45, 7) is 7.41. The SMILES string of the molecule is COc1cc(-c2cc(Nc3ccc(N4CCNCC4)cn3)c3c(=O)[nH]ccc3n2)c(F)cc1NC(=O)C1CCCC(OC2CCN(c3ccc(Nc4cc(-c5ccc(N(C)C(=O)C6(C)COC6)cc5F)nc5cc[nH]c(=O)c45)nc3)CC2)C1. The van der Waals surface area contributed by atoms with Gasteiger partial charge in [-0.05, 0) is 112 Å². The number of methoxy groups -OCH3 is 1. The van der Waals surface area contributed by atoms with Gasteiger partial charge in [-0.15, -0.1) is 0 Å². The number of aromatic amines is 2. The van der Waals surface area contributed by atoms with Crippen LogP contribution in [0.2, 0.25) is 0 Å². The third-order valence-electron chi connectivity index (χ3n) is 16.3. The van der Waals surface area contributed by atoms with Crippen molar-refractivity contribution in [2.45, 2.75) is 57.7 Å². The number of H-pyrrole nitrogens is 2. The topological polar surface area (TPSA) is 237 Å². The summed E-state index contributed by atoms with van der Waals surface area (Å²) in [5.74, 6) is -0.768. The number of fused-ring (bicyclic) bond motifs is 2. The largest absolute Gasteiger partial charge is 0.495 e. The summed E-state index contributed by atoms with van der Waals surface area (Å²) in [6, 6.07) is 21.4. The van der Waals surface area contributed by atoms with Crippen LogP contribution in [0, 0.1) is 23.0 Å². The van der Waals surface area contributed by atoms with Gasteiger partial charge in [0, 0.05) is 87.5 Å². The number of pyridine rings is 6. The number of piperazine rings is 1. The molecule has 6 aromatic heterocycles. The molecule has 12 rings (SSSR count). The highest BCUT2D eigenvalue weighted by molar-refractivity contribution is 5.99. The summed E-state index contributed by atoms with van der Waals surface area (Å²) in [4.78, 5) is 83.4. The van der Waals surface area contributed by atoms with E-state index in [1.54, 1.807) is 55.8 Å². The standard InChI is InChI=1S/C61H63F2N13O7/c1-61(33-82-34-61)60(80)74(2)36-7-10-41(43(62)26-36)47-29-50(55-45(69-47)13-17-65-58(55)78)71-53-11-8-37(31-67-53)75-21-15-39(16-22-75)83-40-6-4-5-35(25-40)57(77)73-49-28-44(63)42(27-52(49)81-3)48-30-51(56-46(70-48)14-18-66-59(56)79)72-54-12-9-38(32-68-54)76-23-19-64-20-24-76/h7-14,17-18,26-32,35,39-40,64H,4-6,15-16,19-25,33-34H2,1-3H3,(H,65,78)(H,66,79)(H,73,77)(H,67,69,71)(H,68,70,72). The number of amides is 2. The van der Waals surface area contributed by atoms with Crippen molar-refractivity contribution >= 4 is 79.4 Å². The zero-order valence-electron chi connectivity index (χ0n) is 46.2. The van der Waals surface area contributed by atoms with Gasteiger partial charge in [-0.2, -0.15) is 0 Å². The number of anilines is 8. The molecule has 22 heteroatoms. The number of halogens is 2. The van der Waals surface area contributed by atoms with E-state index in [1.165, 1.54) is 42.6 Å².